The van der Waals surface area contributed by atoms with Crippen LogP contribution in [0.3, 0.4) is 0 Å². The molecule has 9 heteroatoms. The van der Waals surface area contributed by atoms with Crippen molar-refractivity contribution in [3.05, 3.63) is 0 Å². The van der Waals surface area contributed by atoms with Crippen molar-refractivity contribution in [2.45, 2.75) is 89.4 Å². The maximum Gasteiger partial charge on any atom is 0.508 e. The summed E-state index contributed by atoms with van der Waals surface area (Å²) < 4.78 is 16.6. The number of β-amino-alcohol motifs (C(OH)–C–C–N with tert-alkyl or cyclic N) is 1. The number of fused-ring (bicyclic) bond motifs is 5. The van der Waals surface area contributed by atoms with Gasteiger partial charge in [0.05, 0.1) is 13.7 Å². The summed E-state index contributed by atoms with van der Waals surface area (Å²) in [6, 6.07) is 0. The van der Waals surface area contributed by atoms with E-state index in [9.17, 15) is 9.59 Å². The van der Waals surface area contributed by atoms with E-state index in [1.165, 1.54) is 7.11 Å². The summed E-state index contributed by atoms with van der Waals surface area (Å²) in [5, 5.41) is 9.15. The molecule has 1 amide bonds. The number of carbonyl (C=O) groups is 2. The number of carbonyl (C=O) groups excluding carboxylic acids is 2. The fraction of sp³-hybridized carbons (Fsp3) is 0.929. The van der Waals surface area contributed by atoms with Gasteiger partial charge < -0.3 is 30.0 Å². The van der Waals surface area contributed by atoms with Gasteiger partial charge in [-0.05, 0) is 81.0 Å². The lowest BCUT2D eigenvalue weighted by atomic mass is 9.43. The molecule has 5 aliphatic rings. The Kier molecular flexibility index (Phi) is 7.44. The SMILES string of the molecule is COC(=O)O[C@H]1CC[C@]2(N)[C@@H]3CC[C@@H]4C[C@@H](OC(=O)N5CCN(CCO)CC5)CC[C@]4(C)[C@H]3CC[C@]12C. The Morgan fingerprint density at radius 3 is 2.41 bits per heavy atom. The van der Waals surface area contributed by atoms with E-state index in [1.54, 1.807) is 0 Å². The van der Waals surface area contributed by atoms with Crippen molar-refractivity contribution in [3.63, 3.8) is 0 Å². The summed E-state index contributed by atoms with van der Waals surface area (Å²) in [7, 11) is 1.36. The molecule has 210 valence electrons. The first-order valence-corrected chi connectivity index (χ1v) is 14.5. The molecule has 4 saturated carbocycles. The van der Waals surface area contributed by atoms with Crippen molar-refractivity contribution in [2.75, 3.05) is 46.4 Å². The minimum Gasteiger partial charge on any atom is -0.446 e. The minimum atomic E-state index is -0.604. The Labute approximate surface area is 221 Å². The van der Waals surface area contributed by atoms with E-state index in [2.05, 4.69) is 18.7 Å². The molecule has 4 aliphatic carbocycles. The Morgan fingerprint density at radius 2 is 1.70 bits per heavy atom. The second-order valence-electron chi connectivity index (χ2n) is 12.9. The van der Waals surface area contributed by atoms with Gasteiger partial charge in [0.15, 0.2) is 0 Å². The highest BCUT2D eigenvalue weighted by molar-refractivity contribution is 5.68. The number of hydrogen-bond acceptors (Lipinski definition) is 8. The van der Waals surface area contributed by atoms with Crippen LogP contribution in [0.4, 0.5) is 9.59 Å². The molecule has 0 aromatic rings. The number of methoxy groups -OCH3 is 1. The number of nitrogens with zero attached hydrogens (tertiary/aromatic N) is 2. The highest BCUT2D eigenvalue weighted by Gasteiger charge is 2.67. The van der Waals surface area contributed by atoms with Crippen LogP contribution in [0, 0.1) is 28.6 Å². The number of aliphatic hydroxyl groups excluding tert-OH is 1. The maximum absolute atomic E-state index is 12.9. The number of hydrogen-bond donors (Lipinski definition) is 2. The molecule has 0 aromatic carbocycles. The average Bonchev–Trinajstić information content (AvgIpc) is 3.15. The predicted molar refractivity (Wildman–Crippen MR) is 138 cm³/mol. The fourth-order valence-electron chi connectivity index (χ4n) is 9.21. The van der Waals surface area contributed by atoms with E-state index < -0.39 is 6.16 Å². The van der Waals surface area contributed by atoms with Gasteiger partial charge in [-0.3, -0.25) is 4.90 Å². The number of piperazine rings is 1. The third kappa shape index (κ3) is 4.52. The van der Waals surface area contributed by atoms with Crippen LogP contribution in [0.2, 0.25) is 0 Å². The van der Waals surface area contributed by atoms with Gasteiger partial charge >= 0.3 is 12.2 Å². The lowest BCUT2D eigenvalue weighted by Gasteiger charge is -2.64. The molecule has 0 bridgehead atoms. The molecule has 1 heterocycles. The molecular formula is C28H47N3O6. The third-order valence-electron chi connectivity index (χ3n) is 11.6. The second kappa shape index (κ2) is 10.2. The van der Waals surface area contributed by atoms with E-state index in [0.717, 1.165) is 70.9 Å². The number of aliphatic hydroxyl groups is 1. The van der Waals surface area contributed by atoms with Crippen molar-refractivity contribution in [3.8, 4) is 0 Å². The first-order valence-electron chi connectivity index (χ1n) is 14.5. The van der Waals surface area contributed by atoms with Gasteiger partial charge in [0.2, 0.25) is 0 Å². The molecule has 5 fully saturated rings. The zero-order chi connectivity index (χ0) is 26.4. The van der Waals surface area contributed by atoms with Crippen molar-refractivity contribution >= 4 is 12.2 Å². The maximum atomic E-state index is 12.9. The molecule has 1 aliphatic heterocycles. The molecule has 3 N–H and O–H groups in total. The molecule has 0 spiro atoms. The van der Waals surface area contributed by atoms with Crippen LogP contribution >= 0.6 is 0 Å². The van der Waals surface area contributed by atoms with Crippen LogP contribution in [0.15, 0.2) is 0 Å². The minimum absolute atomic E-state index is 0.0115. The first kappa shape index (κ1) is 27.0. The number of rotatable bonds is 4. The standard InChI is InChI=1S/C28H47N3O6/c1-26-9-6-20(36-24(33)31-14-12-30(13-15-31)16-17-32)18-19(26)4-5-22-21(26)7-10-27(2)23(37-25(34)35-3)8-11-28(22,27)29/h19-23,32H,4-18,29H2,1-3H3/t19-,20+,21+,22-,23+,26+,27-,28+/m1/s1. The van der Waals surface area contributed by atoms with Gasteiger partial charge in [0, 0.05) is 43.7 Å². The summed E-state index contributed by atoms with van der Waals surface area (Å²) >= 11 is 0. The Morgan fingerprint density at radius 1 is 0.946 bits per heavy atom. The Hall–Kier alpha value is -1.58. The molecule has 9 nitrogen and oxygen atoms in total. The van der Waals surface area contributed by atoms with Gasteiger partial charge in [0.25, 0.3) is 0 Å². The number of nitrogens with two attached hydrogens (primary N) is 1. The van der Waals surface area contributed by atoms with E-state index in [0.29, 0.717) is 37.4 Å². The van der Waals surface area contributed by atoms with Crippen LogP contribution in [-0.2, 0) is 14.2 Å². The average molecular weight is 522 g/mol. The van der Waals surface area contributed by atoms with E-state index in [-0.39, 0.29) is 41.3 Å². The van der Waals surface area contributed by atoms with Crippen molar-refractivity contribution in [1.82, 2.24) is 9.80 Å². The van der Waals surface area contributed by atoms with E-state index in [4.69, 9.17) is 25.1 Å². The summed E-state index contributed by atoms with van der Waals surface area (Å²) in [6.07, 6.45) is 7.92. The molecule has 8 atom stereocenters. The first-order chi connectivity index (χ1) is 17.6. The highest BCUT2D eigenvalue weighted by atomic mass is 16.7. The van der Waals surface area contributed by atoms with Crippen LogP contribution in [-0.4, -0.2) is 91.3 Å². The van der Waals surface area contributed by atoms with Crippen LogP contribution < -0.4 is 5.73 Å². The smallest absolute Gasteiger partial charge is 0.446 e. The molecule has 5 rings (SSSR count). The molecule has 0 radical (unpaired) electrons. The van der Waals surface area contributed by atoms with E-state index in [1.807, 2.05) is 4.90 Å². The summed E-state index contributed by atoms with van der Waals surface area (Å²) in [5.74, 6) is 1.52. The zero-order valence-electron chi connectivity index (χ0n) is 23.0. The van der Waals surface area contributed by atoms with Crippen LogP contribution in [0.1, 0.15) is 71.6 Å². The number of amides is 1. The van der Waals surface area contributed by atoms with Crippen LogP contribution in [0.25, 0.3) is 0 Å². The third-order valence-corrected chi connectivity index (χ3v) is 11.6. The fourth-order valence-corrected chi connectivity index (χ4v) is 9.21. The number of ether oxygens (including phenoxy) is 3. The monoisotopic (exact) mass is 521 g/mol. The molecule has 0 aromatic heterocycles. The van der Waals surface area contributed by atoms with Gasteiger partial charge in [0.1, 0.15) is 12.2 Å². The van der Waals surface area contributed by atoms with E-state index >= 15 is 0 Å². The largest absolute Gasteiger partial charge is 0.508 e. The zero-order valence-corrected chi connectivity index (χ0v) is 23.0. The Bertz CT molecular complexity index is 865. The van der Waals surface area contributed by atoms with Gasteiger partial charge in [-0.1, -0.05) is 13.8 Å². The molecule has 0 unspecified atom stereocenters. The lowest BCUT2D eigenvalue weighted by Crippen LogP contribution is -2.67. The second-order valence-corrected chi connectivity index (χ2v) is 12.9. The Balaban J connectivity index is 1.21. The quantitative estimate of drug-likeness (QED) is 0.541. The predicted octanol–water partition coefficient (Wildman–Crippen LogP) is 3.38. The highest BCUT2D eigenvalue weighted by Crippen LogP contribution is 2.67. The topological polar surface area (TPSA) is 115 Å². The molecular weight excluding hydrogens is 474 g/mol. The van der Waals surface area contributed by atoms with Gasteiger partial charge in [-0.15, -0.1) is 0 Å². The normalized spacial score (nSPS) is 43.8. The van der Waals surface area contributed by atoms with Crippen molar-refractivity contribution in [2.24, 2.45) is 34.3 Å². The van der Waals surface area contributed by atoms with Crippen molar-refractivity contribution in [1.29, 1.82) is 0 Å². The van der Waals surface area contributed by atoms with Crippen LogP contribution in [0.5, 0.6) is 0 Å². The molecule has 37 heavy (non-hydrogen) atoms. The summed E-state index contributed by atoms with van der Waals surface area (Å²) in [4.78, 5) is 28.8. The van der Waals surface area contributed by atoms with Crippen molar-refractivity contribution < 1.29 is 28.9 Å². The van der Waals surface area contributed by atoms with Gasteiger partial charge in [-0.25, -0.2) is 9.59 Å². The van der Waals surface area contributed by atoms with Gasteiger partial charge in [-0.2, -0.15) is 0 Å². The summed E-state index contributed by atoms with van der Waals surface area (Å²) in [6.45, 7) is 8.42. The lowest BCUT2D eigenvalue weighted by molar-refractivity contribution is -0.146. The summed E-state index contributed by atoms with van der Waals surface area (Å²) in [5.41, 5.74) is 6.97. The molecule has 1 saturated heterocycles.